The van der Waals surface area contributed by atoms with Gasteiger partial charge in [0.2, 0.25) is 0 Å². The summed E-state index contributed by atoms with van der Waals surface area (Å²) in [4.78, 5) is 18.5. The van der Waals surface area contributed by atoms with Gasteiger partial charge < -0.3 is 4.57 Å². The van der Waals surface area contributed by atoms with E-state index in [1.807, 2.05) is 36.9 Å². The molecule has 0 saturated heterocycles. The molecular formula is C22H18FN5S. The summed E-state index contributed by atoms with van der Waals surface area (Å²) in [5, 5.41) is 1.68. The molecule has 4 aromatic rings. The lowest BCUT2D eigenvalue weighted by Gasteiger charge is -2.08. The first-order valence-corrected chi connectivity index (χ1v) is 9.68. The van der Waals surface area contributed by atoms with Crippen molar-refractivity contribution < 1.29 is 4.39 Å². The van der Waals surface area contributed by atoms with E-state index in [9.17, 15) is 4.39 Å². The number of nitrogens with zero attached hydrogens (tertiary/aromatic N) is 5. The van der Waals surface area contributed by atoms with Gasteiger partial charge in [-0.1, -0.05) is 12.7 Å². The Balaban J connectivity index is 1.93. The van der Waals surface area contributed by atoms with Gasteiger partial charge in [0.05, 0.1) is 39.4 Å². The van der Waals surface area contributed by atoms with E-state index in [0.29, 0.717) is 16.3 Å². The van der Waals surface area contributed by atoms with E-state index < -0.39 is 0 Å². The van der Waals surface area contributed by atoms with Crippen molar-refractivity contribution in [2.24, 2.45) is 12.0 Å². The van der Waals surface area contributed by atoms with Crippen molar-refractivity contribution in [3.8, 4) is 21.1 Å². The maximum Gasteiger partial charge on any atom is 0.142 e. The molecule has 4 rings (SSSR count). The minimum absolute atomic E-state index is 0.390. The van der Waals surface area contributed by atoms with Gasteiger partial charge in [-0.25, -0.2) is 14.4 Å². The van der Waals surface area contributed by atoms with Gasteiger partial charge in [0, 0.05) is 30.4 Å². The summed E-state index contributed by atoms with van der Waals surface area (Å²) >= 11 is 1.46. The first kappa shape index (κ1) is 18.9. The minimum atomic E-state index is -0.390. The van der Waals surface area contributed by atoms with Crippen molar-refractivity contribution in [1.82, 2.24) is 19.5 Å². The van der Waals surface area contributed by atoms with Crippen molar-refractivity contribution in [3.63, 3.8) is 0 Å². The van der Waals surface area contributed by atoms with Crippen LogP contribution in [0.25, 0.3) is 37.7 Å². The third-order valence-corrected chi connectivity index (χ3v) is 5.78. The van der Waals surface area contributed by atoms with Gasteiger partial charge in [-0.15, -0.1) is 11.3 Å². The van der Waals surface area contributed by atoms with Crippen LogP contribution in [0.5, 0.6) is 0 Å². The van der Waals surface area contributed by atoms with Crippen LogP contribution in [0.15, 0.2) is 60.5 Å². The Bertz CT molecular complexity index is 1280. The van der Waals surface area contributed by atoms with Crippen LogP contribution in [0.2, 0.25) is 0 Å². The number of fused-ring (bicyclic) bond motifs is 1. The number of allylic oxidation sites excluding steroid dienone is 2. The molecule has 0 atom stereocenters. The first-order valence-electron chi connectivity index (χ1n) is 8.86. The summed E-state index contributed by atoms with van der Waals surface area (Å²) in [6, 6.07) is 5.47. The van der Waals surface area contributed by atoms with Crippen LogP contribution in [0.3, 0.4) is 0 Å². The highest BCUT2D eigenvalue weighted by molar-refractivity contribution is 7.18. The molecule has 29 heavy (non-hydrogen) atoms. The Labute approximate surface area is 171 Å². The molecule has 0 amide bonds. The number of hydrogen-bond donors (Lipinski definition) is 0. The van der Waals surface area contributed by atoms with Crippen molar-refractivity contribution in [3.05, 3.63) is 72.7 Å². The van der Waals surface area contributed by atoms with Gasteiger partial charge in [-0.05, 0) is 37.9 Å². The summed E-state index contributed by atoms with van der Waals surface area (Å²) in [6.45, 7) is 9.35. The standard InChI is InChI=1S/C22H18FN5S/c1-5-6-17(24-3)20-16-7-8-28(4)19(16)10-18(27-20)21-13(2)26-22(29-21)14-9-15(23)12-25-11-14/h5-12H,1,3H2,2,4H3/b17-6-. The monoisotopic (exact) mass is 403 g/mol. The Morgan fingerprint density at radius 2 is 2.10 bits per heavy atom. The number of pyridine rings is 2. The minimum Gasteiger partial charge on any atom is -0.350 e. The maximum atomic E-state index is 13.6. The van der Waals surface area contributed by atoms with E-state index in [4.69, 9.17) is 4.98 Å². The molecule has 0 radical (unpaired) electrons. The van der Waals surface area contributed by atoms with E-state index in [1.54, 1.807) is 18.3 Å². The molecule has 7 heteroatoms. The van der Waals surface area contributed by atoms with Crippen LogP contribution in [-0.4, -0.2) is 26.2 Å². The van der Waals surface area contributed by atoms with Gasteiger partial charge in [0.15, 0.2) is 0 Å². The molecule has 0 aliphatic carbocycles. The summed E-state index contributed by atoms with van der Waals surface area (Å²) < 4.78 is 15.6. The maximum absolute atomic E-state index is 13.6. The molecule has 0 saturated carbocycles. The molecule has 4 aromatic heterocycles. The Kier molecular flexibility index (Phi) is 4.90. The van der Waals surface area contributed by atoms with Crippen LogP contribution >= 0.6 is 11.3 Å². The van der Waals surface area contributed by atoms with Gasteiger partial charge in [-0.3, -0.25) is 9.98 Å². The van der Waals surface area contributed by atoms with Crippen LogP contribution in [0.1, 0.15) is 11.4 Å². The topological polar surface area (TPSA) is 56.0 Å². The van der Waals surface area contributed by atoms with E-state index in [1.165, 1.54) is 23.6 Å². The molecule has 0 aliphatic rings. The number of hydrogen-bond acceptors (Lipinski definition) is 5. The van der Waals surface area contributed by atoms with Crippen molar-refractivity contribution in [2.75, 3.05) is 0 Å². The Morgan fingerprint density at radius 1 is 1.28 bits per heavy atom. The average Bonchev–Trinajstić information content (AvgIpc) is 3.28. The van der Waals surface area contributed by atoms with Gasteiger partial charge in [0.1, 0.15) is 10.8 Å². The second-order valence-electron chi connectivity index (χ2n) is 6.49. The summed E-state index contributed by atoms with van der Waals surface area (Å²) in [6.07, 6.45) is 8.22. The highest BCUT2D eigenvalue weighted by atomic mass is 32.1. The second-order valence-corrected chi connectivity index (χ2v) is 7.49. The largest absolute Gasteiger partial charge is 0.350 e. The van der Waals surface area contributed by atoms with Gasteiger partial charge in [0.25, 0.3) is 0 Å². The predicted molar refractivity (Wildman–Crippen MR) is 117 cm³/mol. The van der Waals surface area contributed by atoms with Gasteiger partial charge in [-0.2, -0.15) is 0 Å². The fourth-order valence-electron chi connectivity index (χ4n) is 3.18. The Morgan fingerprint density at radius 3 is 2.83 bits per heavy atom. The lowest BCUT2D eigenvalue weighted by Crippen LogP contribution is -1.94. The van der Waals surface area contributed by atoms with Crippen molar-refractivity contribution in [1.29, 1.82) is 0 Å². The fourth-order valence-corrected chi connectivity index (χ4v) is 4.19. The third kappa shape index (κ3) is 3.40. The van der Waals surface area contributed by atoms with Crippen LogP contribution < -0.4 is 0 Å². The number of rotatable bonds is 5. The smallest absolute Gasteiger partial charge is 0.142 e. The first-order chi connectivity index (χ1) is 14.0. The average molecular weight is 403 g/mol. The quantitative estimate of drug-likeness (QED) is 0.330. The molecule has 4 heterocycles. The molecule has 0 aliphatic heterocycles. The number of aryl methyl sites for hydroxylation is 2. The summed E-state index contributed by atoms with van der Waals surface area (Å²) in [5.41, 5.74) is 4.64. The molecule has 0 unspecified atom stereocenters. The number of aliphatic imine (C=N–C) groups is 1. The van der Waals surface area contributed by atoms with E-state index in [-0.39, 0.29) is 5.82 Å². The molecule has 144 valence electrons. The molecule has 0 aromatic carbocycles. The summed E-state index contributed by atoms with van der Waals surface area (Å²) in [5.74, 6) is -0.390. The zero-order valence-electron chi connectivity index (χ0n) is 16.1. The normalized spacial score (nSPS) is 11.8. The highest BCUT2D eigenvalue weighted by Gasteiger charge is 2.18. The van der Waals surface area contributed by atoms with Crippen molar-refractivity contribution >= 4 is 34.7 Å². The predicted octanol–water partition coefficient (Wildman–Crippen LogP) is 5.43. The molecule has 5 nitrogen and oxygen atoms in total. The van der Waals surface area contributed by atoms with Crippen LogP contribution in [0.4, 0.5) is 4.39 Å². The molecule has 0 fully saturated rings. The molecule has 0 spiro atoms. The third-order valence-electron chi connectivity index (χ3n) is 4.55. The van der Waals surface area contributed by atoms with Crippen LogP contribution in [-0.2, 0) is 7.05 Å². The van der Waals surface area contributed by atoms with Crippen molar-refractivity contribution in [2.45, 2.75) is 6.92 Å². The number of halogens is 1. The van der Waals surface area contributed by atoms with Crippen LogP contribution in [0, 0.1) is 12.7 Å². The van der Waals surface area contributed by atoms with E-state index in [0.717, 1.165) is 32.9 Å². The summed E-state index contributed by atoms with van der Waals surface area (Å²) in [7, 11) is 1.98. The molecule has 0 N–H and O–H groups in total. The van der Waals surface area contributed by atoms with E-state index >= 15 is 0 Å². The lowest BCUT2D eigenvalue weighted by atomic mass is 10.1. The van der Waals surface area contributed by atoms with Gasteiger partial charge >= 0.3 is 0 Å². The highest BCUT2D eigenvalue weighted by Crippen LogP contribution is 2.37. The zero-order chi connectivity index (χ0) is 20.5. The van der Waals surface area contributed by atoms with E-state index in [2.05, 4.69) is 28.3 Å². The Hall–Kier alpha value is -3.45. The number of aromatic nitrogens is 4. The SMILES string of the molecule is C=C/C=C(\N=C)c1nc(-c2sc(-c3cncc(F)c3)nc2C)cc2c1ccn2C. The number of thiazole rings is 1. The molecular weight excluding hydrogens is 385 g/mol. The second kappa shape index (κ2) is 7.52. The lowest BCUT2D eigenvalue weighted by molar-refractivity contribution is 0.622. The molecule has 0 bridgehead atoms. The fraction of sp³-hybridized carbons (Fsp3) is 0.0909. The zero-order valence-corrected chi connectivity index (χ0v) is 16.9.